The fourth-order valence-corrected chi connectivity index (χ4v) is 2.97. The van der Waals surface area contributed by atoms with E-state index in [9.17, 15) is 4.39 Å². The molecule has 0 fully saturated rings. The van der Waals surface area contributed by atoms with Crippen LogP contribution in [0.1, 0.15) is 17.2 Å². The molecule has 20 heavy (non-hydrogen) atoms. The topological polar surface area (TPSA) is 50.9 Å². The Kier molecular flexibility index (Phi) is 3.73. The maximum absolute atomic E-state index is 12.9. The molecule has 2 heterocycles. The van der Waals surface area contributed by atoms with Gasteiger partial charge in [-0.2, -0.15) is 0 Å². The van der Waals surface area contributed by atoms with Crippen LogP contribution < -0.4 is 11.3 Å². The number of thiophene rings is 1. The van der Waals surface area contributed by atoms with E-state index in [2.05, 4.69) is 16.5 Å². The van der Waals surface area contributed by atoms with Gasteiger partial charge in [-0.25, -0.2) is 4.39 Å². The number of nitrogens with two attached hydrogens (primary N) is 1. The number of nitrogens with one attached hydrogen (secondary N) is 1. The van der Waals surface area contributed by atoms with Gasteiger partial charge in [0.05, 0.1) is 16.3 Å². The van der Waals surface area contributed by atoms with E-state index in [0.29, 0.717) is 6.42 Å². The lowest BCUT2D eigenvalue weighted by Crippen LogP contribution is -2.29. The molecule has 1 atom stereocenters. The van der Waals surface area contributed by atoms with Crippen LogP contribution in [0.3, 0.4) is 0 Å². The number of nitrogens with zero attached hydrogens (tertiary/aromatic N) is 1. The number of hydrogen-bond acceptors (Lipinski definition) is 4. The first-order valence-electron chi connectivity index (χ1n) is 6.30. The van der Waals surface area contributed by atoms with Crippen molar-refractivity contribution in [2.45, 2.75) is 12.5 Å². The number of hydrazine groups is 1. The summed E-state index contributed by atoms with van der Waals surface area (Å²) in [5.41, 5.74) is 5.87. The summed E-state index contributed by atoms with van der Waals surface area (Å²) >= 11 is 1.66. The highest BCUT2D eigenvalue weighted by molar-refractivity contribution is 7.17. The maximum atomic E-state index is 12.9. The number of benzene rings is 1. The van der Waals surface area contributed by atoms with Crippen LogP contribution in [-0.4, -0.2) is 4.98 Å². The van der Waals surface area contributed by atoms with Crippen molar-refractivity contribution in [1.82, 2.24) is 10.4 Å². The summed E-state index contributed by atoms with van der Waals surface area (Å²) < 4.78 is 14.1. The molecule has 0 saturated carbocycles. The highest BCUT2D eigenvalue weighted by atomic mass is 32.1. The van der Waals surface area contributed by atoms with Gasteiger partial charge < -0.3 is 0 Å². The monoisotopic (exact) mass is 287 g/mol. The van der Waals surface area contributed by atoms with Crippen molar-refractivity contribution in [3.8, 4) is 0 Å². The van der Waals surface area contributed by atoms with Gasteiger partial charge in [0.15, 0.2) is 0 Å². The number of hydrogen-bond donors (Lipinski definition) is 2. The number of halogens is 1. The molecule has 102 valence electrons. The largest absolute Gasteiger partial charge is 0.271 e. The average Bonchev–Trinajstić information content (AvgIpc) is 2.94. The third-order valence-corrected chi connectivity index (χ3v) is 4.13. The summed E-state index contributed by atoms with van der Waals surface area (Å²) in [6.45, 7) is 0. The van der Waals surface area contributed by atoms with Crippen LogP contribution in [0.2, 0.25) is 0 Å². The first kappa shape index (κ1) is 13.2. The zero-order chi connectivity index (χ0) is 13.9. The summed E-state index contributed by atoms with van der Waals surface area (Å²) in [4.78, 5) is 4.42. The molecule has 0 bridgehead atoms. The molecule has 2 aromatic heterocycles. The Hall–Kier alpha value is -1.82. The van der Waals surface area contributed by atoms with Crippen LogP contribution in [0.25, 0.3) is 10.2 Å². The second-order valence-corrected chi connectivity index (χ2v) is 5.57. The van der Waals surface area contributed by atoms with Crippen molar-refractivity contribution < 1.29 is 4.39 Å². The predicted octanol–water partition coefficient (Wildman–Crippen LogP) is 3.18. The second-order valence-electron chi connectivity index (χ2n) is 4.62. The minimum absolute atomic E-state index is 0.0422. The zero-order valence-electron chi connectivity index (χ0n) is 10.7. The van der Waals surface area contributed by atoms with Crippen molar-refractivity contribution in [3.63, 3.8) is 0 Å². The highest BCUT2D eigenvalue weighted by Gasteiger charge is 2.12. The van der Waals surface area contributed by atoms with Crippen LogP contribution in [-0.2, 0) is 6.42 Å². The van der Waals surface area contributed by atoms with E-state index in [4.69, 9.17) is 5.84 Å². The van der Waals surface area contributed by atoms with Crippen LogP contribution in [0, 0.1) is 5.82 Å². The van der Waals surface area contributed by atoms with Crippen LogP contribution in [0.4, 0.5) is 4.39 Å². The van der Waals surface area contributed by atoms with Gasteiger partial charge in [-0.1, -0.05) is 12.1 Å². The molecule has 3 aromatic rings. The number of aromatic nitrogens is 1. The zero-order valence-corrected chi connectivity index (χ0v) is 11.5. The van der Waals surface area contributed by atoms with Gasteiger partial charge in [0.25, 0.3) is 0 Å². The SMILES string of the molecule is NNC(Cc1ccc(F)cc1)c1cnc2ccsc2c1. The van der Waals surface area contributed by atoms with E-state index in [-0.39, 0.29) is 11.9 Å². The van der Waals surface area contributed by atoms with Crippen molar-refractivity contribution in [2.75, 3.05) is 0 Å². The first-order chi connectivity index (χ1) is 9.76. The quantitative estimate of drug-likeness (QED) is 0.572. The Bertz CT molecular complexity index is 708. The van der Waals surface area contributed by atoms with Crippen LogP contribution in [0.5, 0.6) is 0 Å². The van der Waals surface area contributed by atoms with E-state index >= 15 is 0 Å². The summed E-state index contributed by atoms with van der Waals surface area (Å²) in [5, 5.41) is 2.02. The minimum atomic E-state index is -0.229. The van der Waals surface area contributed by atoms with Gasteiger partial charge in [-0.3, -0.25) is 16.3 Å². The van der Waals surface area contributed by atoms with E-state index in [1.165, 1.54) is 12.1 Å². The van der Waals surface area contributed by atoms with E-state index in [0.717, 1.165) is 21.3 Å². The maximum Gasteiger partial charge on any atom is 0.123 e. The summed E-state index contributed by atoms with van der Waals surface area (Å²) in [6.07, 6.45) is 2.53. The molecule has 0 spiro atoms. The predicted molar refractivity (Wildman–Crippen MR) is 79.8 cm³/mol. The van der Waals surface area contributed by atoms with E-state index < -0.39 is 0 Å². The molecule has 0 radical (unpaired) electrons. The van der Waals surface area contributed by atoms with Gasteiger partial charge >= 0.3 is 0 Å². The molecule has 0 amide bonds. The molecule has 0 saturated heterocycles. The molecule has 1 unspecified atom stereocenters. The Labute approximate surface area is 120 Å². The van der Waals surface area contributed by atoms with Crippen molar-refractivity contribution in [1.29, 1.82) is 0 Å². The third-order valence-electron chi connectivity index (χ3n) is 3.28. The van der Waals surface area contributed by atoms with Gasteiger partial charge in [0.1, 0.15) is 5.82 Å². The Balaban J connectivity index is 1.86. The van der Waals surface area contributed by atoms with Crippen molar-refractivity contribution in [2.24, 2.45) is 5.84 Å². The highest BCUT2D eigenvalue weighted by Crippen LogP contribution is 2.24. The van der Waals surface area contributed by atoms with Gasteiger partial charge in [0.2, 0.25) is 0 Å². The summed E-state index contributed by atoms with van der Waals surface area (Å²) in [7, 11) is 0. The third kappa shape index (κ3) is 2.70. The number of rotatable bonds is 4. The van der Waals surface area contributed by atoms with Crippen molar-refractivity contribution in [3.05, 3.63) is 64.9 Å². The molecule has 0 aliphatic rings. The Morgan fingerprint density at radius 1 is 1.25 bits per heavy atom. The average molecular weight is 287 g/mol. The Morgan fingerprint density at radius 2 is 2.05 bits per heavy atom. The molecule has 3 N–H and O–H groups in total. The fraction of sp³-hybridized carbons (Fsp3) is 0.133. The molecule has 5 heteroatoms. The lowest BCUT2D eigenvalue weighted by molar-refractivity contribution is 0.550. The lowest BCUT2D eigenvalue weighted by Gasteiger charge is -2.16. The van der Waals surface area contributed by atoms with E-state index in [1.807, 2.05) is 17.6 Å². The number of fused-ring (bicyclic) bond motifs is 1. The van der Waals surface area contributed by atoms with Crippen LogP contribution >= 0.6 is 11.3 Å². The van der Waals surface area contributed by atoms with Gasteiger partial charge in [0, 0.05) is 6.20 Å². The molecular formula is C15H14FN3S. The molecule has 3 rings (SSSR count). The second kappa shape index (κ2) is 5.66. The smallest absolute Gasteiger partial charge is 0.123 e. The standard InChI is InChI=1S/C15H14FN3S/c16-12-3-1-10(2-4-12)7-14(19-17)11-8-15-13(18-9-11)5-6-20-15/h1-6,8-9,14,19H,7,17H2. The van der Waals surface area contributed by atoms with Gasteiger partial charge in [-0.05, 0) is 47.2 Å². The fourth-order valence-electron chi connectivity index (χ4n) is 2.18. The molecule has 3 nitrogen and oxygen atoms in total. The minimum Gasteiger partial charge on any atom is -0.271 e. The molecule has 0 aliphatic heterocycles. The number of pyridine rings is 1. The molecule has 1 aromatic carbocycles. The molecular weight excluding hydrogens is 273 g/mol. The normalized spacial score (nSPS) is 12.7. The first-order valence-corrected chi connectivity index (χ1v) is 7.18. The summed E-state index contributed by atoms with van der Waals surface area (Å²) in [6, 6.07) is 10.5. The van der Waals surface area contributed by atoms with Gasteiger partial charge in [-0.15, -0.1) is 11.3 Å². The van der Waals surface area contributed by atoms with Crippen LogP contribution in [0.15, 0.2) is 48.0 Å². The van der Waals surface area contributed by atoms with E-state index in [1.54, 1.807) is 23.5 Å². The van der Waals surface area contributed by atoms with Crippen molar-refractivity contribution >= 4 is 21.6 Å². The molecule has 0 aliphatic carbocycles. The summed E-state index contributed by atoms with van der Waals surface area (Å²) in [5.74, 6) is 5.42. The Morgan fingerprint density at radius 3 is 2.80 bits per heavy atom. The lowest BCUT2D eigenvalue weighted by atomic mass is 10.0.